The second-order valence-corrected chi connectivity index (χ2v) is 5.81. The van der Waals surface area contributed by atoms with Crippen molar-refractivity contribution < 1.29 is 4.79 Å². The second kappa shape index (κ2) is 7.07. The Morgan fingerprint density at radius 1 is 1.50 bits per heavy atom. The lowest BCUT2D eigenvalue weighted by Gasteiger charge is -2.31. The maximum Gasteiger partial charge on any atom is 0.238 e. The molecule has 1 saturated heterocycles. The first-order chi connectivity index (χ1) is 9.58. The van der Waals surface area contributed by atoms with E-state index < -0.39 is 0 Å². The summed E-state index contributed by atoms with van der Waals surface area (Å²) >= 11 is 5.91. The van der Waals surface area contributed by atoms with Gasteiger partial charge in [-0.2, -0.15) is 0 Å². The minimum atomic E-state index is 0.0344. The number of piperidine rings is 1. The van der Waals surface area contributed by atoms with Gasteiger partial charge in [-0.05, 0) is 57.1 Å². The summed E-state index contributed by atoms with van der Waals surface area (Å²) in [6.45, 7) is 4.31. The molecule has 0 radical (unpaired) electrons. The van der Waals surface area contributed by atoms with E-state index in [-0.39, 0.29) is 5.91 Å². The summed E-state index contributed by atoms with van der Waals surface area (Å²) in [4.78, 5) is 14.3. The predicted molar refractivity (Wildman–Crippen MR) is 83.3 cm³/mol. The predicted octanol–water partition coefficient (Wildman–Crippen LogP) is 2.27. The molecule has 1 atom stereocenters. The lowest BCUT2D eigenvalue weighted by Crippen LogP contribution is -2.46. The fourth-order valence-electron chi connectivity index (χ4n) is 2.59. The van der Waals surface area contributed by atoms with Crippen molar-refractivity contribution in [2.45, 2.75) is 25.8 Å². The zero-order valence-electron chi connectivity index (χ0n) is 12.1. The molecule has 0 aromatic heterocycles. The number of amides is 1. The number of rotatable bonds is 4. The smallest absolute Gasteiger partial charge is 0.238 e. The number of hydrogen-bond donors (Lipinski definition) is 2. The summed E-state index contributed by atoms with van der Waals surface area (Å²) in [5.41, 5.74) is 1.82. The molecule has 1 heterocycles. The standard InChI is InChI=1S/C15H22ClN3O/c1-11-8-12(16)5-6-14(11)18-15(20)10-19-7-3-4-13(9-19)17-2/h5-6,8,13,17H,3-4,7,9-10H2,1-2H3,(H,18,20). The van der Waals surface area contributed by atoms with Crippen LogP contribution in [0.5, 0.6) is 0 Å². The van der Waals surface area contributed by atoms with Gasteiger partial charge in [0.25, 0.3) is 0 Å². The molecule has 2 rings (SSSR count). The molecule has 0 spiro atoms. The number of hydrogen-bond acceptors (Lipinski definition) is 3. The highest BCUT2D eigenvalue weighted by molar-refractivity contribution is 6.30. The number of nitrogens with one attached hydrogen (secondary N) is 2. The molecular weight excluding hydrogens is 274 g/mol. The van der Waals surface area contributed by atoms with Crippen LogP contribution >= 0.6 is 11.6 Å². The highest BCUT2D eigenvalue weighted by Crippen LogP contribution is 2.19. The molecule has 1 aromatic rings. The van der Waals surface area contributed by atoms with Crippen LogP contribution in [-0.2, 0) is 4.79 Å². The lowest BCUT2D eigenvalue weighted by molar-refractivity contribution is -0.117. The van der Waals surface area contributed by atoms with Gasteiger partial charge in [0, 0.05) is 23.3 Å². The number of likely N-dealkylation sites (tertiary alicyclic amines) is 1. The molecular formula is C15H22ClN3O. The molecule has 20 heavy (non-hydrogen) atoms. The molecule has 1 amide bonds. The van der Waals surface area contributed by atoms with Crippen LogP contribution in [-0.4, -0.2) is 43.5 Å². The van der Waals surface area contributed by atoms with Crippen LogP contribution in [0.1, 0.15) is 18.4 Å². The Morgan fingerprint density at radius 2 is 2.30 bits per heavy atom. The Hall–Kier alpha value is -1.10. The average Bonchev–Trinajstić information content (AvgIpc) is 2.42. The minimum Gasteiger partial charge on any atom is -0.325 e. The number of carbonyl (C=O) groups excluding carboxylic acids is 1. The molecule has 2 N–H and O–H groups in total. The van der Waals surface area contributed by atoms with Crippen molar-refractivity contribution in [1.29, 1.82) is 0 Å². The van der Waals surface area contributed by atoms with Crippen LogP contribution in [0.4, 0.5) is 5.69 Å². The third kappa shape index (κ3) is 4.20. The molecule has 110 valence electrons. The Labute approximate surface area is 125 Å². The van der Waals surface area contributed by atoms with Crippen LogP contribution in [0.2, 0.25) is 5.02 Å². The first-order valence-electron chi connectivity index (χ1n) is 7.04. The van der Waals surface area contributed by atoms with Crippen molar-refractivity contribution in [3.05, 3.63) is 28.8 Å². The van der Waals surface area contributed by atoms with Crippen molar-refractivity contribution in [1.82, 2.24) is 10.2 Å². The maximum absolute atomic E-state index is 12.1. The van der Waals surface area contributed by atoms with E-state index in [1.54, 1.807) is 6.07 Å². The highest BCUT2D eigenvalue weighted by atomic mass is 35.5. The van der Waals surface area contributed by atoms with Gasteiger partial charge >= 0.3 is 0 Å². The summed E-state index contributed by atoms with van der Waals surface area (Å²) in [5.74, 6) is 0.0344. The molecule has 4 nitrogen and oxygen atoms in total. The van der Waals surface area contributed by atoms with Crippen LogP contribution in [0, 0.1) is 6.92 Å². The molecule has 0 saturated carbocycles. The number of aryl methyl sites for hydroxylation is 1. The van der Waals surface area contributed by atoms with Gasteiger partial charge in [0.05, 0.1) is 6.54 Å². The van der Waals surface area contributed by atoms with Crippen LogP contribution < -0.4 is 10.6 Å². The van der Waals surface area contributed by atoms with E-state index in [9.17, 15) is 4.79 Å². The quantitative estimate of drug-likeness (QED) is 0.896. The van der Waals surface area contributed by atoms with Gasteiger partial charge in [0.15, 0.2) is 0 Å². The molecule has 1 fully saturated rings. The number of halogens is 1. The molecule has 1 aliphatic heterocycles. The van der Waals surface area contributed by atoms with E-state index in [0.29, 0.717) is 17.6 Å². The van der Waals surface area contributed by atoms with E-state index in [1.807, 2.05) is 26.1 Å². The van der Waals surface area contributed by atoms with E-state index >= 15 is 0 Å². The SMILES string of the molecule is CNC1CCCN(CC(=O)Nc2ccc(Cl)cc2C)C1. The number of benzene rings is 1. The zero-order chi connectivity index (χ0) is 14.5. The average molecular weight is 296 g/mol. The number of anilines is 1. The summed E-state index contributed by atoms with van der Waals surface area (Å²) in [6, 6.07) is 5.99. The highest BCUT2D eigenvalue weighted by Gasteiger charge is 2.20. The summed E-state index contributed by atoms with van der Waals surface area (Å²) < 4.78 is 0. The van der Waals surface area contributed by atoms with E-state index in [0.717, 1.165) is 30.8 Å². The van der Waals surface area contributed by atoms with E-state index in [2.05, 4.69) is 15.5 Å². The van der Waals surface area contributed by atoms with Crippen molar-refractivity contribution in [3.63, 3.8) is 0 Å². The van der Waals surface area contributed by atoms with Crippen molar-refractivity contribution >= 4 is 23.2 Å². The molecule has 0 bridgehead atoms. The topological polar surface area (TPSA) is 44.4 Å². The van der Waals surface area contributed by atoms with Crippen molar-refractivity contribution in [2.75, 3.05) is 32.0 Å². The van der Waals surface area contributed by atoms with Gasteiger partial charge in [0.1, 0.15) is 0 Å². The Morgan fingerprint density at radius 3 is 3.00 bits per heavy atom. The van der Waals surface area contributed by atoms with Gasteiger partial charge in [0.2, 0.25) is 5.91 Å². The molecule has 0 aliphatic carbocycles. The molecule has 1 aromatic carbocycles. The van der Waals surface area contributed by atoms with Crippen molar-refractivity contribution in [3.8, 4) is 0 Å². The van der Waals surface area contributed by atoms with Crippen LogP contribution in [0.3, 0.4) is 0 Å². The number of likely N-dealkylation sites (N-methyl/N-ethyl adjacent to an activating group) is 1. The van der Waals surface area contributed by atoms with E-state index in [4.69, 9.17) is 11.6 Å². The third-order valence-corrected chi connectivity index (χ3v) is 3.98. The zero-order valence-corrected chi connectivity index (χ0v) is 12.8. The van der Waals surface area contributed by atoms with E-state index in [1.165, 1.54) is 6.42 Å². The lowest BCUT2D eigenvalue weighted by atomic mass is 10.1. The summed E-state index contributed by atoms with van der Waals surface area (Å²) in [5, 5.41) is 6.93. The number of carbonyl (C=O) groups is 1. The monoisotopic (exact) mass is 295 g/mol. The van der Waals surface area contributed by atoms with Crippen LogP contribution in [0.15, 0.2) is 18.2 Å². The molecule has 1 unspecified atom stereocenters. The molecule has 5 heteroatoms. The second-order valence-electron chi connectivity index (χ2n) is 5.37. The van der Waals surface area contributed by atoms with Crippen LogP contribution in [0.25, 0.3) is 0 Å². The third-order valence-electron chi connectivity index (χ3n) is 3.74. The Balaban J connectivity index is 1.88. The van der Waals surface area contributed by atoms with Gasteiger partial charge in [-0.1, -0.05) is 11.6 Å². The first-order valence-corrected chi connectivity index (χ1v) is 7.42. The fourth-order valence-corrected chi connectivity index (χ4v) is 2.82. The first kappa shape index (κ1) is 15.3. The van der Waals surface area contributed by atoms with Crippen molar-refractivity contribution in [2.24, 2.45) is 0 Å². The van der Waals surface area contributed by atoms with Gasteiger partial charge < -0.3 is 10.6 Å². The normalized spacial score (nSPS) is 19.9. The number of nitrogens with zero attached hydrogens (tertiary/aromatic N) is 1. The minimum absolute atomic E-state index is 0.0344. The largest absolute Gasteiger partial charge is 0.325 e. The summed E-state index contributed by atoms with van der Waals surface area (Å²) in [6.07, 6.45) is 2.32. The van der Waals surface area contributed by atoms with Gasteiger partial charge in [-0.25, -0.2) is 0 Å². The fraction of sp³-hybridized carbons (Fsp3) is 0.533. The van der Waals surface area contributed by atoms with Gasteiger partial charge in [-0.15, -0.1) is 0 Å². The molecule has 1 aliphatic rings. The maximum atomic E-state index is 12.1. The van der Waals surface area contributed by atoms with Gasteiger partial charge in [-0.3, -0.25) is 9.69 Å². The summed E-state index contributed by atoms with van der Waals surface area (Å²) in [7, 11) is 1.98. The Kier molecular flexibility index (Phi) is 5.40. The Bertz CT molecular complexity index is 478.